The van der Waals surface area contributed by atoms with Crippen LogP contribution in [0.3, 0.4) is 0 Å². The van der Waals surface area contributed by atoms with E-state index in [9.17, 15) is 0 Å². The Balaban J connectivity index is 1.48. The quantitative estimate of drug-likeness (QED) is 0.930. The molecule has 2 N–H and O–H groups in total. The van der Waals surface area contributed by atoms with Crippen LogP contribution in [-0.4, -0.2) is 12.2 Å². The first-order valence-electron chi connectivity index (χ1n) is 8.72. The second kappa shape index (κ2) is 5.52. The summed E-state index contributed by atoms with van der Waals surface area (Å²) in [7, 11) is 0. The summed E-state index contributed by atoms with van der Waals surface area (Å²) in [6.07, 6.45) is 1.94. The van der Waals surface area contributed by atoms with Crippen LogP contribution in [0.15, 0.2) is 36.4 Å². The van der Waals surface area contributed by atoms with Crippen LogP contribution in [0.2, 0.25) is 0 Å². The fourth-order valence-corrected chi connectivity index (χ4v) is 3.98. The Morgan fingerprint density at radius 2 is 2.00 bits per heavy atom. The van der Waals surface area contributed by atoms with E-state index in [1.807, 2.05) is 6.07 Å². The molecule has 0 bridgehead atoms. The van der Waals surface area contributed by atoms with Gasteiger partial charge in [0.1, 0.15) is 17.1 Å². The van der Waals surface area contributed by atoms with Crippen molar-refractivity contribution in [3.8, 4) is 11.5 Å². The minimum Gasteiger partial charge on any atom is -0.493 e. The van der Waals surface area contributed by atoms with Gasteiger partial charge in [-0.2, -0.15) is 0 Å². The molecule has 0 saturated heterocycles. The third-order valence-corrected chi connectivity index (χ3v) is 5.22. The first-order valence-corrected chi connectivity index (χ1v) is 8.72. The Hall–Kier alpha value is -2.00. The van der Waals surface area contributed by atoms with Crippen molar-refractivity contribution >= 4 is 0 Å². The average Bonchev–Trinajstić information content (AvgIpc) is 3.00. The van der Waals surface area contributed by atoms with Gasteiger partial charge in [0.25, 0.3) is 0 Å². The van der Waals surface area contributed by atoms with Crippen LogP contribution in [0.4, 0.5) is 0 Å². The first-order chi connectivity index (χ1) is 11.4. The largest absolute Gasteiger partial charge is 0.493 e. The summed E-state index contributed by atoms with van der Waals surface area (Å²) >= 11 is 0. The third kappa shape index (κ3) is 2.67. The maximum atomic E-state index is 6.41. The Labute approximate surface area is 143 Å². The topological polar surface area (TPSA) is 44.5 Å². The molecule has 0 amide bonds. The molecule has 1 aliphatic heterocycles. The summed E-state index contributed by atoms with van der Waals surface area (Å²) in [5.41, 5.74) is 11.4. The molecular formula is C21H25NO2. The van der Waals surface area contributed by atoms with E-state index in [0.717, 1.165) is 24.3 Å². The Morgan fingerprint density at radius 1 is 1.21 bits per heavy atom. The van der Waals surface area contributed by atoms with Crippen LogP contribution >= 0.6 is 0 Å². The van der Waals surface area contributed by atoms with Gasteiger partial charge >= 0.3 is 0 Å². The van der Waals surface area contributed by atoms with E-state index in [2.05, 4.69) is 51.1 Å². The molecule has 126 valence electrons. The lowest BCUT2D eigenvalue weighted by Gasteiger charge is -2.19. The number of fused-ring (bicyclic) bond motifs is 2. The summed E-state index contributed by atoms with van der Waals surface area (Å²) in [5.74, 6) is 2.20. The number of hydrogen-bond acceptors (Lipinski definition) is 3. The second-order valence-corrected chi connectivity index (χ2v) is 7.76. The van der Waals surface area contributed by atoms with Crippen LogP contribution in [0, 0.1) is 12.8 Å². The van der Waals surface area contributed by atoms with Gasteiger partial charge in [-0.25, -0.2) is 0 Å². The minimum absolute atomic E-state index is 0.0612. The highest BCUT2D eigenvalue weighted by Crippen LogP contribution is 2.40. The third-order valence-electron chi connectivity index (χ3n) is 5.22. The molecule has 1 aliphatic carbocycles. The molecule has 3 nitrogen and oxygen atoms in total. The highest BCUT2D eigenvalue weighted by Gasteiger charge is 2.32. The maximum Gasteiger partial charge on any atom is 0.127 e. The Bertz CT molecular complexity index is 781. The van der Waals surface area contributed by atoms with E-state index < -0.39 is 0 Å². The molecule has 4 rings (SSSR count). The summed E-state index contributed by atoms with van der Waals surface area (Å²) in [4.78, 5) is 0. The lowest BCUT2D eigenvalue weighted by Crippen LogP contribution is -2.24. The molecule has 0 spiro atoms. The molecule has 0 radical (unpaired) electrons. The molecule has 24 heavy (non-hydrogen) atoms. The lowest BCUT2D eigenvalue weighted by molar-refractivity contribution is 0.138. The normalized spacial score (nSPS) is 23.5. The van der Waals surface area contributed by atoms with Gasteiger partial charge in [-0.05, 0) is 55.5 Å². The van der Waals surface area contributed by atoms with Crippen molar-refractivity contribution in [2.24, 2.45) is 11.7 Å². The van der Waals surface area contributed by atoms with Gasteiger partial charge in [-0.3, -0.25) is 0 Å². The summed E-state index contributed by atoms with van der Waals surface area (Å²) in [6.45, 7) is 6.98. The zero-order chi connectivity index (χ0) is 16.9. The van der Waals surface area contributed by atoms with Gasteiger partial charge in [0.15, 0.2) is 0 Å². The Morgan fingerprint density at radius 3 is 2.79 bits per heavy atom. The number of hydrogen-bond donors (Lipinski definition) is 1. The van der Waals surface area contributed by atoms with E-state index >= 15 is 0 Å². The van der Waals surface area contributed by atoms with E-state index in [1.165, 1.54) is 22.3 Å². The Kier molecular flexibility index (Phi) is 3.57. The average molecular weight is 323 g/mol. The molecule has 1 heterocycles. The fourth-order valence-electron chi connectivity index (χ4n) is 3.98. The van der Waals surface area contributed by atoms with Crippen molar-refractivity contribution in [1.29, 1.82) is 0 Å². The molecule has 2 atom stereocenters. The number of rotatable bonds is 3. The monoisotopic (exact) mass is 323 g/mol. The van der Waals surface area contributed by atoms with Crippen molar-refractivity contribution in [2.75, 3.05) is 6.61 Å². The van der Waals surface area contributed by atoms with Crippen LogP contribution in [0.1, 0.15) is 42.1 Å². The number of ether oxygens (including phenoxy) is 2. The molecule has 0 unspecified atom stereocenters. The predicted octanol–water partition coefficient (Wildman–Crippen LogP) is 3.96. The summed E-state index contributed by atoms with van der Waals surface area (Å²) in [5, 5.41) is 0. The molecular weight excluding hydrogens is 298 g/mol. The number of benzene rings is 2. The smallest absolute Gasteiger partial charge is 0.127 e. The first kappa shape index (κ1) is 15.5. The van der Waals surface area contributed by atoms with Crippen LogP contribution in [-0.2, 0) is 12.8 Å². The van der Waals surface area contributed by atoms with Crippen molar-refractivity contribution in [3.63, 3.8) is 0 Å². The lowest BCUT2D eigenvalue weighted by atomic mass is 10.00. The zero-order valence-corrected chi connectivity index (χ0v) is 14.6. The van der Waals surface area contributed by atoms with Gasteiger partial charge in [-0.1, -0.05) is 24.3 Å². The molecule has 0 fully saturated rings. The maximum absolute atomic E-state index is 6.41. The predicted molar refractivity (Wildman–Crippen MR) is 95.6 cm³/mol. The SMILES string of the molecule is Cc1cc2c(cc1OC[C@H]1Cc3ccccc3[C@H]1N)OC(C)(C)C2. The molecule has 2 aromatic carbocycles. The highest BCUT2D eigenvalue weighted by molar-refractivity contribution is 5.49. The van der Waals surface area contributed by atoms with Crippen molar-refractivity contribution in [3.05, 3.63) is 58.7 Å². The van der Waals surface area contributed by atoms with Gasteiger partial charge in [0, 0.05) is 24.4 Å². The molecule has 3 heteroatoms. The zero-order valence-electron chi connectivity index (χ0n) is 14.6. The van der Waals surface area contributed by atoms with Crippen molar-refractivity contribution < 1.29 is 9.47 Å². The fraction of sp³-hybridized carbons (Fsp3) is 0.429. The second-order valence-electron chi connectivity index (χ2n) is 7.76. The van der Waals surface area contributed by atoms with E-state index in [-0.39, 0.29) is 11.6 Å². The van der Waals surface area contributed by atoms with Gasteiger partial charge in [0.2, 0.25) is 0 Å². The number of aryl methyl sites for hydroxylation is 1. The summed E-state index contributed by atoms with van der Waals surface area (Å²) in [6, 6.07) is 12.8. The van der Waals surface area contributed by atoms with Crippen LogP contribution in [0.25, 0.3) is 0 Å². The van der Waals surface area contributed by atoms with E-state index in [1.54, 1.807) is 0 Å². The van der Waals surface area contributed by atoms with E-state index in [0.29, 0.717) is 12.5 Å². The van der Waals surface area contributed by atoms with Crippen molar-refractivity contribution in [2.45, 2.75) is 45.3 Å². The molecule has 2 aliphatic rings. The molecule has 2 aromatic rings. The summed E-state index contributed by atoms with van der Waals surface area (Å²) < 4.78 is 12.2. The molecule has 0 aromatic heterocycles. The minimum atomic E-state index is -0.122. The van der Waals surface area contributed by atoms with Crippen molar-refractivity contribution in [1.82, 2.24) is 0 Å². The number of nitrogens with two attached hydrogens (primary N) is 1. The molecule has 0 saturated carbocycles. The van der Waals surface area contributed by atoms with Gasteiger partial charge < -0.3 is 15.2 Å². The van der Waals surface area contributed by atoms with Gasteiger partial charge in [0.05, 0.1) is 6.61 Å². The van der Waals surface area contributed by atoms with E-state index in [4.69, 9.17) is 15.2 Å². The van der Waals surface area contributed by atoms with Crippen LogP contribution in [0.5, 0.6) is 11.5 Å². The van der Waals surface area contributed by atoms with Gasteiger partial charge in [-0.15, -0.1) is 0 Å². The highest BCUT2D eigenvalue weighted by atomic mass is 16.5. The standard InChI is InChI=1S/C21H25NO2/c1-13-8-15-11-21(2,3)24-19(15)10-18(13)23-12-16-9-14-6-4-5-7-17(14)20(16)22/h4-8,10,16,20H,9,11-12,22H2,1-3H3/t16-,20+/m1/s1. The van der Waals surface area contributed by atoms with Crippen LogP contribution < -0.4 is 15.2 Å².